The monoisotopic (exact) mass is 559 g/mol. The molecular formula is C24H21BrF3N7O. The Morgan fingerprint density at radius 2 is 1.86 bits per heavy atom. The standard InChI is InChI=1S/C24H21BrF3N7O/c25-17-5-1-15(2-6-17)11-30-23(36)20-13-34(10-9-29-20)22-19-12-35(33-21(19)31-14-32-22)18-7-3-16(4-8-18)24(26,27)28/h1-8,12,14,20,29H,9-11,13H2,(H,30,36). The molecule has 0 radical (unpaired) electrons. The lowest BCUT2D eigenvalue weighted by molar-refractivity contribution is -0.137. The molecule has 2 aromatic heterocycles. The fourth-order valence-corrected chi connectivity index (χ4v) is 4.31. The van der Waals surface area contributed by atoms with Crippen molar-refractivity contribution in [3.05, 3.63) is 76.7 Å². The largest absolute Gasteiger partial charge is 0.416 e. The molecular weight excluding hydrogens is 539 g/mol. The molecule has 1 amide bonds. The second-order valence-electron chi connectivity index (χ2n) is 8.35. The fraction of sp³-hybridized carbons (Fsp3) is 0.250. The summed E-state index contributed by atoms with van der Waals surface area (Å²) in [5.41, 5.74) is 1.15. The summed E-state index contributed by atoms with van der Waals surface area (Å²) in [5, 5.41) is 11.3. The lowest BCUT2D eigenvalue weighted by Crippen LogP contribution is -2.57. The number of halogens is 4. The summed E-state index contributed by atoms with van der Waals surface area (Å²) in [7, 11) is 0. The Kier molecular flexibility index (Phi) is 6.63. The van der Waals surface area contributed by atoms with Gasteiger partial charge in [-0.05, 0) is 42.0 Å². The smallest absolute Gasteiger partial charge is 0.353 e. The molecule has 0 bridgehead atoms. The van der Waals surface area contributed by atoms with Gasteiger partial charge in [-0.25, -0.2) is 14.6 Å². The quantitative estimate of drug-likeness (QED) is 0.388. The normalized spacial score (nSPS) is 16.3. The molecule has 0 spiro atoms. The van der Waals surface area contributed by atoms with Crippen molar-refractivity contribution in [3.63, 3.8) is 0 Å². The van der Waals surface area contributed by atoms with E-state index in [0.717, 1.165) is 22.2 Å². The topological polar surface area (TPSA) is 88.0 Å². The molecule has 4 aromatic rings. The minimum atomic E-state index is -4.41. The van der Waals surface area contributed by atoms with Crippen LogP contribution >= 0.6 is 15.9 Å². The average Bonchev–Trinajstić information content (AvgIpc) is 3.32. The lowest BCUT2D eigenvalue weighted by Gasteiger charge is -2.33. The van der Waals surface area contributed by atoms with Crippen LogP contribution in [0.15, 0.2) is 65.5 Å². The summed E-state index contributed by atoms with van der Waals surface area (Å²) in [6.07, 6.45) is -1.32. The highest BCUT2D eigenvalue weighted by Gasteiger charge is 2.30. The van der Waals surface area contributed by atoms with Gasteiger partial charge < -0.3 is 15.5 Å². The van der Waals surface area contributed by atoms with Gasteiger partial charge in [0.05, 0.1) is 16.6 Å². The summed E-state index contributed by atoms with van der Waals surface area (Å²) in [5.74, 6) is 0.499. The molecule has 1 saturated heterocycles. The molecule has 1 aliphatic heterocycles. The average molecular weight is 560 g/mol. The SMILES string of the molecule is O=C(NCc1ccc(Br)cc1)C1CN(c2ncnc3nn(-c4ccc(C(F)(F)F)cc4)cc23)CCN1. The van der Waals surface area contributed by atoms with Gasteiger partial charge in [-0.2, -0.15) is 13.2 Å². The van der Waals surface area contributed by atoms with E-state index in [1.54, 1.807) is 6.20 Å². The Morgan fingerprint density at radius 3 is 2.58 bits per heavy atom. The number of aromatic nitrogens is 4. The summed E-state index contributed by atoms with van der Waals surface area (Å²) in [4.78, 5) is 23.5. The van der Waals surface area contributed by atoms with E-state index in [1.807, 2.05) is 29.2 Å². The van der Waals surface area contributed by atoms with Crippen LogP contribution in [0.4, 0.5) is 19.0 Å². The number of carbonyl (C=O) groups is 1. The van der Waals surface area contributed by atoms with E-state index in [4.69, 9.17) is 0 Å². The van der Waals surface area contributed by atoms with E-state index in [-0.39, 0.29) is 5.91 Å². The van der Waals surface area contributed by atoms with Crippen molar-refractivity contribution < 1.29 is 18.0 Å². The zero-order valence-corrected chi connectivity index (χ0v) is 20.4. The molecule has 0 aliphatic carbocycles. The zero-order valence-electron chi connectivity index (χ0n) is 18.8. The molecule has 2 aromatic carbocycles. The first-order chi connectivity index (χ1) is 17.3. The number of carbonyl (C=O) groups excluding carboxylic acids is 1. The Bertz CT molecular complexity index is 1370. The van der Waals surface area contributed by atoms with E-state index in [2.05, 4.69) is 41.6 Å². The van der Waals surface area contributed by atoms with Crippen LogP contribution in [0, 0.1) is 0 Å². The van der Waals surface area contributed by atoms with Gasteiger partial charge in [0.2, 0.25) is 5.91 Å². The summed E-state index contributed by atoms with van der Waals surface area (Å²) in [6, 6.07) is 12.0. The van der Waals surface area contributed by atoms with E-state index in [1.165, 1.54) is 23.1 Å². The third kappa shape index (κ3) is 5.19. The highest BCUT2D eigenvalue weighted by atomic mass is 79.9. The van der Waals surface area contributed by atoms with Crippen LogP contribution < -0.4 is 15.5 Å². The second kappa shape index (κ2) is 9.86. The number of nitrogens with one attached hydrogen (secondary N) is 2. The molecule has 1 atom stereocenters. The predicted octanol–water partition coefficient (Wildman–Crippen LogP) is 3.69. The van der Waals surface area contributed by atoms with Gasteiger partial charge in [0.25, 0.3) is 0 Å². The molecule has 3 heterocycles. The van der Waals surface area contributed by atoms with Crippen molar-refractivity contribution in [2.24, 2.45) is 0 Å². The minimum absolute atomic E-state index is 0.117. The molecule has 186 valence electrons. The van der Waals surface area contributed by atoms with Crippen molar-refractivity contribution in [2.45, 2.75) is 18.8 Å². The molecule has 1 aliphatic rings. The van der Waals surface area contributed by atoms with Gasteiger partial charge in [0.1, 0.15) is 18.2 Å². The predicted molar refractivity (Wildman–Crippen MR) is 132 cm³/mol. The third-order valence-corrected chi connectivity index (χ3v) is 6.45. The van der Waals surface area contributed by atoms with Gasteiger partial charge in [0, 0.05) is 36.8 Å². The van der Waals surface area contributed by atoms with Crippen LogP contribution in [-0.4, -0.2) is 51.3 Å². The number of nitrogens with zero attached hydrogens (tertiary/aromatic N) is 5. The van der Waals surface area contributed by atoms with Crippen molar-refractivity contribution in [1.82, 2.24) is 30.4 Å². The van der Waals surface area contributed by atoms with Crippen molar-refractivity contribution >= 4 is 38.7 Å². The van der Waals surface area contributed by atoms with Gasteiger partial charge in [-0.15, -0.1) is 5.10 Å². The molecule has 8 nitrogen and oxygen atoms in total. The summed E-state index contributed by atoms with van der Waals surface area (Å²) >= 11 is 3.40. The Hall–Kier alpha value is -3.51. The number of piperazine rings is 1. The van der Waals surface area contributed by atoms with E-state index >= 15 is 0 Å². The molecule has 0 saturated carbocycles. The van der Waals surface area contributed by atoms with Gasteiger partial charge in [-0.1, -0.05) is 28.1 Å². The van der Waals surface area contributed by atoms with E-state index < -0.39 is 17.8 Å². The van der Waals surface area contributed by atoms with Crippen molar-refractivity contribution in [3.8, 4) is 5.69 Å². The number of amides is 1. The lowest BCUT2D eigenvalue weighted by atomic mass is 10.1. The summed E-state index contributed by atoms with van der Waals surface area (Å²) < 4.78 is 41.2. The molecule has 1 unspecified atom stereocenters. The highest BCUT2D eigenvalue weighted by molar-refractivity contribution is 9.10. The van der Waals surface area contributed by atoms with E-state index in [9.17, 15) is 18.0 Å². The van der Waals surface area contributed by atoms with Crippen LogP contribution in [0.25, 0.3) is 16.7 Å². The first-order valence-corrected chi connectivity index (χ1v) is 12.0. The molecule has 2 N–H and O–H groups in total. The van der Waals surface area contributed by atoms with Crippen molar-refractivity contribution in [1.29, 1.82) is 0 Å². The third-order valence-electron chi connectivity index (χ3n) is 5.93. The van der Waals surface area contributed by atoms with Crippen LogP contribution in [-0.2, 0) is 17.5 Å². The Morgan fingerprint density at radius 1 is 1.11 bits per heavy atom. The van der Waals surface area contributed by atoms with Gasteiger partial charge in [0.15, 0.2) is 5.65 Å². The molecule has 5 rings (SSSR count). The summed E-state index contributed by atoms with van der Waals surface area (Å²) in [6.45, 7) is 2.01. The molecule has 1 fully saturated rings. The number of anilines is 1. The number of rotatable bonds is 5. The van der Waals surface area contributed by atoms with Crippen LogP contribution in [0.2, 0.25) is 0 Å². The van der Waals surface area contributed by atoms with Crippen LogP contribution in [0.1, 0.15) is 11.1 Å². The molecule has 36 heavy (non-hydrogen) atoms. The maximum Gasteiger partial charge on any atom is 0.416 e. The Balaban J connectivity index is 1.32. The first-order valence-electron chi connectivity index (χ1n) is 11.2. The fourth-order valence-electron chi connectivity index (χ4n) is 4.05. The number of alkyl halides is 3. The Labute approximate surface area is 212 Å². The second-order valence-corrected chi connectivity index (χ2v) is 9.27. The van der Waals surface area contributed by atoms with Gasteiger partial charge in [-0.3, -0.25) is 4.79 Å². The maximum absolute atomic E-state index is 12.9. The minimum Gasteiger partial charge on any atom is -0.353 e. The first kappa shape index (κ1) is 24.2. The van der Waals surface area contributed by atoms with Crippen molar-refractivity contribution in [2.75, 3.05) is 24.5 Å². The zero-order chi connectivity index (χ0) is 25.3. The number of fused-ring (bicyclic) bond motifs is 1. The van der Waals surface area contributed by atoms with E-state index in [0.29, 0.717) is 48.7 Å². The molecule has 12 heteroatoms. The number of hydrogen-bond donors (Lipinski definition) is 2. The highest BCUT2D eigenvalue weighted by Crippen LogP contribution is 2.30. The maximum atomic E-state index is 12.9. The van der Waals surface area contributed by atoms with Crippen LogP contribution in [0.3, 0.4) is 0 Å². The number of benzene rings is 2. The van der Waals surface area contributed by atoms with Crippen LogP contribution in [0.5, 0.6) is 0 Å². The number of hydrogen-bond acceptors (Lipinski definition) is 6. The van der Waals surface area contributed by atoms with Gasteiger partial charge >= 0.3 is 6.18 Å².